The SMILES string of the molecule is FC(F)(F)COCCNCc1ccc(-c2ccccc2)s1. The van der Waals surface area contributed by atoms with Crippen molar-refractivity contribution < 1.29 is 17.9 Å². The fourth-order valence-corrected chi connectivity index (χ4v) is 2.76. The Balaban J connectivity index is 1.69. The molecule has 1 aromatic carbocycles. The van der Waals surface area contributed by atoms with E-state index in [0.29, 0.717) is 13.1 Å². The zero-order valence-corrected chi connectivity index (χ0v) is 12.1. The minimum absolute atomic E-state index is 0.0520. The van der Waals surface area contributed by atoms with Crippen LogP contribution in [0.25, 0.3) is 10.4 Å². The Bertz CT molecular complexity index is 539. The Labute approximate surface area is 125 Å². The van der Waals surface area contributed by atoms with Gasteiger partial charge in [0, 0.05) is 22.8 Å². The first-order valence-electron chi connectivity index (χ1n) is 6.54. The second kappa shape index (κ2) is 7.59. The van der Waals surface area contributed by atoms with E-state index in [1.54, 1.807) is 11.3 Å². The first-order chi connectivity index (χ1) is 10.0. The largest absolute Gasteiger partial charge is 0.411 e. The average Bonchev–Trinajstić information content (AvgIpc) is 2.91. The molecule has 0 aliphatic rings. The predicted molar refractivity (Wildman–Crippen MR) is 78.3 cm³/mol. The number of ether oxygens (including phenoxy) is 1. The van der Waals surface area contributed by atoms with E-state index in [9.17, 15) is 13.2 Å². The lowest BCUT2D eigenvalue weighted by molar-refractivity contribution is -0.173. The highest BCUT2D eigenvalue weighted by molar-refractivity contribution is 7.15. The highest BCUT2D eigenvalue weighted by Gasteiger charge is 2.27. The summed E-state index contributed by atoms with van der Waals surface area (Å²) in [5.74, 6) is 0. The van der Waals surface area contributed by atoms with Gasteiger partial charge in [-0.15, -0.1) is 11.3 Å². The molecule has 2 nitrogen and oxygen atoms in total. The summed E-state index contributed by atoms with van der Waals surface area (Å²) in [6, 6.07) is 14.1. The molecule has 114 valence electrons. The molecule has 6 heteroatoms. The van der Waals surface area contributed by atoms with Gasteiger partial charge >= 0.3 is 6.18 Å². The Hall–Kier alpha value is -1.37. The molecule has 21 heavy (non-hydrogen) atoms. The van der Waals surface area contributed by atoms with E-state index in [0.717, 1.165) is 4.88 Å². The molecule has 0 amide bonds. The predicted octanol–water partition coefficient (Wildman–Crippen LogP) is 4.08. The van der Waals surface area contributed by atoms with E-state index in [1.807, 2.05) is 36.4 Å². The molecule has 0 radical (unpaired) electrons. The molecule has 0 atom stereocenters. The van der Waals surface area contributed by atoms with Gasteiger partial charge in [-0.05, 0) is 17.7 Å². The molecule has 0 aliphatic carbocycles. The number of hydrogen-bond acceptors (Lipinski definition) is 3. The van der Waals surface area contributed by atoms with Gasteiger partial charge in [-0.3, -0.25) is 0 Å². The van der Waals surface area contributed by atoms with Crippen molar-refractivity contribution in [1.29, 1.82) is 0 Å². The van der Waals surface area contributed by atoms with Gasteiger partial charge in [0.25, 0.3) is 0 Å². The summed E-state index contributed by atoms with van der Waals surface area (Å²) in [4.78, 5) is 2.32. The summed E-state index contributed by atoms with van der Waals surface area (Å²) in [5.41, 5.74) is 1.17. The van der Waals surface area contributed by atoms with E-state index in [-0.39, 0.29) is 6.61 Å². The number of thiophene rings is 1. The van der Waals surface area contributed by atoms with Crippen LogP contribution in [-0.2, 0) is 11.3 Å². The summed E-state index contributed by atoms with van der Waals surface area (Å²) >= 11 is 1.67. The molecule has 1 N–H and O–H groups in total. The van der Waals surface area contributed by atoms with Crippen molar-refractivity contribution in [2.45, 2.75) is 12.7 Å². The molecule has 2 rings (SSSR count). The van der Waals surface area contributed by atoms with Gasteiger partial charge in [-0.2, -0.15) is 13.2 Å². The smallest absolute Gasteiger partial charge is 0.371 e. The van der Waals surface area contributed by atoms with Gasteiger partial charge in [0.1, 0.15) is 6.61 Å². The van der Waals surface area contributed by atoms with Crippen LogP contribution in [0.4, 0.5) is 13.2 Å². The van der Waals surface area contributed by atoms with Crippen molar-refractivity contribution in [1.82, 2.24) is 5.32 Å². The molecular formula is C15H16F3NOS. The van der Waals surface area contributed by atoms with Crippen LogP contribution >= 0.6 is 11.3 Å². The highest BCUT2D eigenvalue weighted by Crippen LogP contribution is 2.27. The van der Waals surface area contributed by atoms with E-state index < -0.39 is 12.8 Å². The molecule has 1 aromatic heterocycles. The van der Waals surface area contributed by atoms with Gasteiger partial charge in [-0.1, -0.05) is 30.3 Å². The van der Waals surface area contributed by atoms with E-state index in [1.165, 1.54) is 10.4 Å². The maximum atomic E-state index is 11.8. The standard InChI is InChI=1S/C15H16F3NOS/c16-15(17,18)11-20-9-8-19-10-13-6-7-14(21-13)12-4-2-1-3-5-12/h1-7,19H,8-11H2. The van der Waals surface area contributed by atoms with Gasteiger partial charge in [0.15, 0.2) is 0 Å². The molecule has 0 saturated heterocycles. The summed E-state index contributed by atoms with van der Waals surface area (Å²) in [6.07, 6.45) is -4.25. The third-order valence-electron chi connectivity index (χ3n) is 2.71. The lowest BCUT2D eigenvalue weighted by Gasteiger charge is -2.07. The quantitative estimate of drug-likeness (QED) is 0.777. The zero-order chi connectivity index (χ0) is 15.1. The Morgan fingerprint density at radius 1 is 1.05 bits per heavy atom. The maximum absolute atomic E-state index is 11.8. The molecule has 0 bridgehead atoms. The molecule has 0 spiro atoms. The van der Waals surface area contributed by atoms with E-state index in [4.69, 9.17) is 0 Å². The van der Waals surface area contributed by atoms with Gasteiger partial charge < -0.3 is 10.1 Å². The summed E-state index contributed by atoms with van der Waals surface area (Å²) < 4.78 is 40.1. The molecule has 2 aromatic rings. The van der Waals surface area contributed by atoms with Crippen molar-refractivity contribution in [3.63, 3.8) is 0 Å². The second-order valence-corrected chi connectivity index (χ2v) is 5.64. The van der Waals surface area contributed by atoms with Crippen molar-refractivity contribution in [3.05, 3.63) is 47.3 Å². The first-order valence-corrected chi connectivity index (χ1v) is 7.35. The van der Waals surface area contributed by atoms with Crippen molar-refractivity contribution in [2.24, 2.45) is 0 Å². The number of benzene rings is 1. The normalized spacial score (nSPS) is 11.8. The Kier molecular flexibility index (Phi) is 5.78. The fourth-order valence-electron chi connectivity index (χ4n) is 1.77. The molecule has 1 heterocycles. The fraction of sp³-hybridized carbons (Fsp3) is 0.333. The van der Waals surface area contributed by atoms with Crippen molar-refractivity contribution in [3.8, 4) is 10.4 Å². The minimum atomic E-state index is -4.25. The molecular weight excluding hydrogens is 299 g/mol. The number of nitrogens with one attached hydrogen (secondary N) is 1. The Morgan fingerprint density at radius 3 is 2.52 bits per heavy atom. The van der Waals surface area contributed by atoms with Gasteiger partial charge in [0.2, 0.25) is 0 Å². The third-order valence-corrected chi connectivity index (χ3v) is 3.84. The minimum Gasteiger partial charge on any atom is -0.371 e. The number of halogens is 3. The van der Waals surface area contributed by atoms with E-state index in [2.05, 4.69) is 16.1 Å². The average molecular weight is 315 g/mol. The monoisotopic (exact) mass is 315 g/mol. The molecule has 0 unspecified atom stereocenters. The van der Waals surface area contributed by atoms with Crippen LogP contribution in [0.3, 0.4) is 0 Å². The summed E-state index contributed by atoms with van der Waals surface area (Å²) in [7, 11) is 0. The third kappa shape index (κ3) is 5.87. The van der Waals surface area contributed by atoms with Crippen LogP contribution in [0.2, 0.25) is 0 Å². The van der Waals surface area contributed by atoms with Crippen LogP contribution in [0, 0.1) is 0 Å². The van der Waals surface area contributed by atoms with Crippen LogP contribution in [0.5, 0.6) is 0 Å². The van der Waals surface area contributed by atoms with Gasteiger partial charge in [0.05, 0.1) is 6.61 Å². The molecule has 0 aliphatic heterocycles. The lowest BCUT2D eigenvalue weighted by atomic mass is 10.2. The maximum Gasteiger partial charge on any atom is 0.411 e. The highest BCUT2D eigenvalue weighted by atomic mass is 32.1. The van der Waals surface area contributed by atoms with Crippen LogP contribution in [-0.4, -0.2) is 25.9 Å². The van der Waals surface area contributed by atoms with Crippen LogP contribution in [0.1, 0.15) is 4.88 Å². The first kappa shape index (κ1) is 16.0. The lowest BCUT2D eigenvalue weighted by Crippen LogP contribution is -2.23. The van der Waals surface area contributed by atoms with Gasteiger partial charge in [-0.25, -0.2) is 0 Å². The number of rotatable bonds is 7. The summed E-state index contributed by atoms with van der Waals surface area (Å²) in [6.45, 7) is -0.107. The number of alkyl halides is 3. The van der Waals surface area contributed by atoms with Crippen LogP contribution in [0.15, 0.2) is 42.5 Å². The van der Waals surface area contributed by atoms with Crippen molar-refractivity contribution in [2.75, 3.05) is 19.8 Å². The zero-order valence-electron chi connectivity index (χ0n) is 11.3. The van der Waals surface area contributed by atoms with Crippen LogP contribution < -0.4 is 5.32 Å². The number of hydrogen-bond donors (Lipinski definition) is 1. The topological polar surface area (TPSA) is 21.3 Å². The Morgan fingerprint density at radius 2 is 1.81 bits per heavy atom. The van der Waals surface area contributed by atoms with Crippen molar-refractivity contribution >= 4 is 11.3 Å². The molecule has 0 saturated carbocycles. The van der Waals surface area contributed by atoms with E-state index >= 15 is 0 Å². The second-order valence-electron chi connectivity index (χ2n) is 4.48. The summed E-state index contributed by atoms with van der Waals surface area (Å²) in [5, 5.41) is 3.07. The molecule has 0 fully saturated rings.